The first-order valence-electron chi connectivity index (χ1n) is 8.57. The minimum atomic E-state index is -3.60. The summed E-state index contributed by atoms with van der Waals surface area (Å²) in [6.07, 6.45) is 3.51. The molecule has 130 valence electrons. The van der Waals surface area contributed by atoms with Crippen molar-refractivity contribution in [1.82, 2.24) is 4.72 Å². The van der Waals surface area contributed by atoms with Gasteiger partial charge >= 0.3 is 0 Å². The number of aryl methyl sites for hydroxylation is 1. The van der Waals surface area contributed by atoms with E-state index in [9.17, 15) is 13.2 Å². The second kappa shape index (κ2) is 5.82. The molecule has 3 aliphatic heterocycles. The molecule has 0 aromatic heterocycles. The van der Waals surface area contributed by atoms with Crippen molar-refractivity contribution in [2.45, 2.75) is 49.5 Å². The van der Waals surface area contributed by atoms with Crippen LogP contribution in [0.1, 0.15) is 43.2 Å². The average Bonchev–Trinajstić information content (AvgIpc) is 3.18. The van der Waals surface area contributed by atoms with Crippen LogP contribution in [0, 0.1) is 0 Å². The van der Waals surface area contributed by atoms with E-state index in [1.54, 1.807) is 12.1 Å². The van der Waals surface area contributed by atoms with Crippen LogP contribution in [-0.2, 0) is 26.0 Å². The Morgan fingerprint density at radius 3 is 2.92 bits per heavy atom. The number of amides is 1. The molecule has 4 rings (SSSR count). The number of sulfonamides is 1. The molecule has 1 fully saturated rings. The van der Waals surface area contributed by atoms with Crippen LogP contribution in [0.25, 0.3) is 0 Å². The second-order valence-electron chi connectivity index (χ2n) is 6.82. The summed E-state index contributed by atoms with van der Waals surface area (Å²) in [6, 6.07) is 3.40. The summed E-state index contributed by atoms with van der Waals surface area (Å²) in [7, 11) is -3.60. The number of anilines is 1. The quantitative estimate of drug-likeness (QED) is 0.894. The molecular formula is C17H22N2O4S. The Hall–Kier alpha value is -1.44. The van der Waals surface area contributed by atoms with Gasteiger partial charge in [-0.1, -0.05) is 0 Å². The van der Waals surface area contributed by atoms with Gasteiger partial charge in [0.1, 0.15) is 0 Å². The Balaban J connectivity index is 1.66. The number of benzene rings is 1. The summed E-state index contributed by atoms with van der Waals surface area (Å²) in [5.74, 6) is -0.196. The smallest absolute Gasteiger partial charge is 0.240 e. The molecule has 6 nitrogen and oxygen atoms in total. The van der Waals surface area contributed by atoms with E-state index in [1.807, 2.05) is 11.8 Å². The Labute approximate surface area is 142 Å². The van der Waals surface area contributed by atoms with E-state index in [4.69, 9.17) is 4.74 Å². The molecule has 1 N–H and O–H groups in total. The fraction of sp³-hybridized carbons (Fsp3) is 0.588. The molecule has 0 bridgehead atoms. The number of hydrogen-bond acceptors (Lipinski definition) is 4. The maximum absolute atomic E-state index is 12.7. The molecule has 0 spiro atoms. The minimum absolute atomic E-state index is 0.0384. The summed E-state index contributed by atoms with van der Waals surface area (Å²) in [6.45, 7) is 3.58. The molecule has 7 heteroatoms. The van der Waals surface area contributed by atoms with Crippen molar-refractivity contribution in [3.05, 3.63) is 23.3 Å². The summed E-state index contributed by atoms with van der Waals surface area (Å²) in [5, 5.41) is 0. The number of ether oxygens (including phenoxy) is 1. The van der Waals surface area contributed by atoms with E-state index in [1.165, 1.54) is 0 Å². The number of rotatable bonds is 4. The van der Waals surface area contributed by atoms with Crippen LogP contribution in [0.4, 0.5) is 5.69 Å². The zero-order valence-electron chi connectivity index (χ0n) is 13.7. The molecule has 2 atom stereocenters. The third kappa shape index (κ3) is 2.55. The topological polar surface area (TPSA) is 75.7 Å². The van der Waals surface area contributed by atoms with Gasteiger partial charge in [-0.15, -0.1) is 0 Å². The first kappa shape index (κ1) is 16.1. The molecule has 3 heterocycles. The molecule has 3 aliphatic rings. The molecule has 0 saturated carbocycles. The Morgan fingerprint density at radius 1 is 1.33 bits per heavy atom. The van der Waals surface area contributed by atoms with Gasteiger partial charge in [0.2, 0.25) is 15.9 Å². The van der Waals surface area contributed by atoms with E-state index in [0.717, 1.165) is 49.0 Å². The number of carbonyl (C=O) groups excluding carboxylic acids is 1. The highest BCUT2D eigenvalue weighted by atomic mass is 32.2. The number of nitrogens with zero attached hydrogens (tertiary/aromatic N) is 1. The molecule has 1 saturated heterocycles. The Kier molecular flexibility index (Phi) is 3.89. The summed E-state index contributed by atoms with van der Waals surface area (Å²) in [4.78, 5) is 14.5. The molecule has 0 aliphatic carbocycles. The summed E-state index contributed by atoms with van der Waals surface area (Å²) in [5.41, 5.74) is 2.75. The predicted octanol–water partition coefficient (Wildman–Crippen LogP) is 1.54. The summed E-state index contributed by atoms with van der Waals surface area (Å²) < 4.78 is 33.5. The molecule has 0 unspecified atom stereocenters. The van der Waals surface area contributed by atoms with Crippen molar-refractivity contribution < 1.29 is 17.9 Å². The maximum Gasteiger partial charge on any atom is 0.240 e. The van der Waals surface area contributed by atoms with Crippen molar-refractivity contribution in [2.24, 2.45) is 0 Å². The molecule has 0 radical (unpaired) electrons. The van der Waals surface area contributed by atoms with Crippen LogP contribution in [0.2, 0.25) is 0 Å². The highest BCUT2D eigenvalue weighted by Crippen LogP contribution is 2.43. The fourth-order valence-corrected chi connectivity index (χ4v) is 5.06. The van der Waals surface area contributed by atoms with E-state index in [-0.39, 0.29) is 22.8 Å². The lowest BCUT2D eigenvalue weighted by Crippen LogP contribution is -2.33. The third-order valence-corrected chi connectivity index (χ3v) is 6.63. The number of nitrogens with one attached hydrogen (secondary N) is 1. The van der Waals surface area contributed by atoms with Gasteiger partial charge in [0, 0.05) is 19.7 Å². The van der Waals surface area contributed by atoms with Crippen molar-refractivity contribution in [3.8, 4) is 0 Å². The number of hydrogen-bond donors (Lipinski definition) is 1. The standard InChI is InChI=1S/C17H22N2O4S/c1-11-15-9-14(24(21,22)18-10-13-5-3-7-23-13)8-12-4-2-6-19(16(12)15)17(11)20/h8-9,11,13,18H,2-7,10H2,1H3/t11-,13+/m1/s1. The fourth-order valence-electron chi connectivity index (χ4n) is 3.91. The zero-order chi connectivity index (χ0) is 16.9. The molecule has 24 heavy (non-hydrogen) atoms. The van der Waals surface area contributed by atoms with Gasteiger partial charge in [0.05, 0.1) is 22.6 Å². The monoisotopic (exact) mass is 350 g/mol. The van der Waals surface area contributed by atoms with Crippen molar-refractivity contribution in [3.63, 3.8) is 0 Å². The first-order valence-corrected chi connectivity index (χ1v) is 10.0. The Bertz CT molecular complexity index is 784. The van der Waals surface area contributed by atoms with Crippen molar-refractivity contribution >= 4 is 21.6 Å². The van der Waals surface area contributed by atoms with Gasteiger partial charge in [-0.3, -0.25) is 4.79 Å². The van der Waals surface area contributed by atoms with E-state index in [0.29, 0.717) is 13.2 Å². The van der Waals surface area contributed by atoms with Gasteiger partial charge in [-0.2, -0.15) is 0 Å². The lowest BCUT2D eigenvalue weighted by atomic mass is 9.97. The minimum Gasteiger partial charge on any atom is -0.377 e. The maximum atomic E-state index is 12.7. The van der Waals surface area contributed by atoms with Crippen LogP contribution in [0.15, 0.2) is 17.0 Å². The highest BCUT2D eigenvalue weighted by Gasteiger charge is 2.38. The van der Waals surface area contributed by atoms with Gasteiger partial charge in [-0.25, -0.2) is 13.1 Å². The molecule has 1 aromatic rings. The third-order valence-electron chi connectivity index (χ3n) is 5.23. The van der Waals surface area contributed by atoms with Gasteiger partial charge in [-0.05, 0) is 55.9 Å². The highest BCUT2D eigenvalue weighted by molar-refractivity contribution is 7.89. The molecule has 1 aromatic carbocycles. The van der Waals surface area contributed by atoms with Gasteiger partial charge in [0.25, 0.3) is 0 Å². The molecule has 1 amide bonds. The van der Waals surface area contributed by atoms with Crippen LogP contribution in [-0.4, -0.2) is 40.1 Å². The van der Waals surface area contributed by atoms with Gasteiger partial charge in [0.15, 0.2) is 0 Å². The summed E-state index contributed by atoms with van der Waals surface area (Å²) >= 11 is 0. The predicted molar refractivity (Wildman–Crippen MR) is 89.7 cm³/mol. The SMILES string of the molecule is C[C@H]1C(=O)N2CCCc3cc(S(=O)(=O)NC[C@@H]4CCCO4)cc1c32. The number of carbonyl (C=O) groups is 1. The Morgan fingerprint density at radius 2 is 2.17 bits per heavy atom. The van der Waals surface area contributed by atoms with E-state index < -0.39 is 10.0 Å². The van der Waals surface area contributed by atoms with Gasteiger partial charge < -0.3 is 9.64 Å². The first-order chi connectivity index (χ1) is 11.5. The zero-order valence-corrected chi connectivity index (χ0v) is 14.6. The largest absolute Gasteiger partial charge is 0.377 e. The van der Waals surface area contributed by atoms with Crippen molar-refractivity contribution in [2.75, 3.05) is 24.6 Å². The van der Waals surface area contributed by atoms with Crippen molar-refractivity contribution in [1.29, 1.82) is 0 Å². The average molecular weight is 350 g/mol. The van der Waals surface area contributed by atoms with Crippen LogP contribution in [0.3, 0.4) is 0 Å². The lowest BCUT2D eigenvalue weighted by molar-refractivity contribution is -0.119. The second-order valence-corrected chi connectivity index (χ2v) is 8.59. The van der Waals surface area contributed by atoms with Crippen LogP contribution in [0.5, 0.6) is 0 Å². The van der Waals surface area contributed by atoms with Crippen LogP contribution < -0.4 is 9.62 Å². The lowest BCUT2D eigenvalue weighted by Gasteiger charge is -2.26. The van der Waals surface area contributed by atoms with Crippen LogP contribution >= 0.6 is 0 Å². The molecular weight excluding hydrogens is 328 g/mol. The normalized spacial score (nSPS) is 26.0. The van der Waals surface area contributed by atoms with E-state index >= 15 is 0 Å². The van der Waals surface area contributed by atoms with E-state index in [2.05, 4.69) is 4.72 Å².